The van der Waals surface area contributed by atoms with E-state index >= 15 is 0 Å². The van der Waals surface area contributed by atoms with Gasteiger partial charge in [-0.2, -0.15) is 0 Å². The van der Waals surface area contributed by atoms with Crippen molar-refractivity contribution >= 4 is 17.6 Å². The molecule has 0 spiro atoms. The number of nitrogens with two attached hydrogens (primary N) is 1. The van der Waals surface area contributed by atoms with Crippen LogP contribution in [0.15, 0.2) is 18.2 Å². The van der Waals surface area contributed by atoms with Crippen LogP contribution in [-0.4, -0.2) is 13.1 Å². The minimum absolute atomic E-state index is 0.180. The average molecular weight is 228 g/mol. The lowest BCUT2D eigenvalue weighted by Gasteiger charge is -2.13. The number of carbonyl (C=O) groups is 1. The summed E-state index contributed by atoms with van der Waals surface area (Å²) in [4.78, 5) is 11.0. The Balaban J connectivity index is 2.82. The first-order valence-electron chi connectivity index (χ1n) is 4.63. The molecule has 0 aliphatic heterocycles. The van der Waals surface area contributed by atoms with Crippen molar-refractivity contribution in [3.05, 3.63) is 34.3 Å². The van der Waals surface area contributed by atoms with Crippen molar-refractivity contribution in [2.75, 3.05) is 7.11 Å². The van der Waals surface area contributed by atoms with Crippen LogP contribution in [0.5, 0.6) is 0 Å². The van der Waals surface area contributed by atoms with Crippen LogP contribution in [0, 0.1) is 6.92 Å². The Morgan fingerprint density at radius 3 is 2.80 bits per heavy atom. The predicted octanol–water partition coefficient (Wildman–Crippen LogP) is 2.21. The SMILES string of the molecule is COC(=O)C[C@H](N)c1ccc(Cl)cc1C. The van der Waals surface area contributed by atoms with E-state index in [1.165, 1.54) is 7.11 Å². The van der Waals surface area contributed by atoms with E-state index in [-0.39, 0.29) is 18.4 Å². The van der Waals surface area contributed by atoms with Crippen molar-refractivity contribution in [1.82, 2.24) is 0 Å². The van der Waals surface area contributed by atoms with Crippen molar-refractivity contribution in [1.29, 1.82) is 0 Å². The topological polar surface area (TPSA) is 52.3 Å². The maximum absolute atomic E-state index is 11.0. The van der Waals surface area contributed by atoms with Crippen LogP contribution in [-0.2, 0) is 9.53 Å². The number of hydrogen-bond donors (Lipinski definition) is 1. The van der Waals surface area contributed by atoms with Crippen molar-refractivity contribution in [3.63, 3.8) is 0 Å². The van der Waals surface area contributed by atoms with Gasteiger partial charge >= 0.3 is 5.97 Å². The Morgan fingerprint density at radius 2 is 2.27 bits per heavy atom. The molecule has 0 aliphatic carbocycles. The molecule has 0 saturated carbocycles. The van der Waals surface area contributed by atoms with Crippen molar-refractivity contribution in [3.8, 4) is 0 Å². The smallest absolute Gasteiger partial charge is 0.307 e. The number of halogens is 1. The van der Waals surface area contributed by atoms with Gasteiger partial charge in [0.2, 0.25) is 0 Å². The van der Waals surface area contributed by atoms with E-state index in [0.29, 0.717) is 5.02 Å². The van der Waals surface area contributed by atoms with E-state index in [2.05, 4.69) is 4.74 Å². The first-order chi connectivity index (χ1) is 7.04. The van der Waals surface area contributed by atoms with Crippen LogP contribution >= 0.6 is 11.6 Å². The van der Waals surface area contributed by atoms with Crippen LogP contribution < -0.4 is 5.73 Å². The minimum Gasteiger partial charge on any atom is -0.469 e. The molecular formula is C11H14ClNO2. The highest BCUT2D eigenvalue weighted by Gasteiger charge is 2.13. The number of rotatable bonds is 3. The molecule has 0 saturated heterocycles. The number of carbonyl (C=O) groups excluding carboxylic acids is 1. The lowest BCUT2D eigenvalue weighted by Crippen LogP contribution is -2.17. The lowest BCUT2D eigenvalue weighted by molar-refractivity contribution is -0.141. The lowest BCUT2D eigenvalue weighted by atomic mass is 10.00. The second-order valence-corrected chi connectivity index (χ2v) is 3.82. The van der Waals surface area contributed by atoms with Gasteiger partial charge in [0.05, 0.1) is 13.5 Å². The highest BCUT2D eigenvalue weighted by molar-refractivity contribution is 6.30. The Labute approximate surface area is 94.2 Å². The number of esters is 1. The normalized spacial score (nSPS) is 12.3. The molecule has 0 bridgehead atoms. The summed E-state index contributed by atoms with van der Waals surface area (Å²) in [5, 5.41) is 0.668. The fraction of sp³-hybridized carbons (Fsp3) is 0.364. The zero-order valence-corrected chi connectivity index (χ0v) is 9.54. The number of methoxy groups -OCH3 is 1. The van der Waals surface area contributed by atoms with Gasteiger partial charge < -0.3 is 10.5 Å². The molecule has 15 heavy (non-hydrogen) atoms. The molecule has 1 atom stereocenters. The molecule has 0 aromatic heterocycles. The van der Waals surface area contributed by atoms with E-state index in [4.69, 9.17) is 17.3 Å². The third-order valence-corrected chi connectivity index (χ3v) is 2.48. The summed E-state index contributed by atoms with van der Waals surface area (Å²) in [6, 6.07) is 5.09. The standard InChI is InChI=1S/C11H14ClNO2/c1-7-5-8(12)3-4-9(7)10(13)6-11(14)15-2/h3-5,10H,6,13H2,1-2H3/t10-/m0/s1. The molecule has 2 N–H and O–H groups in total. The van der Waals surface area contributed by atoms with Crippen LogP contribution in [0.3, 0.4) is 0 Å². The number of ether oxygens (including phenoxy) is 1. The Kier molecular flexibility index (Phi) is 4.12. The summed E-state index contributed by atoms with van der Waals surface area (Å²) in [5.41, 5.74) is 7.78. The van der Waals surface area contributed by atoms with Crippen LogP contribution in [0.1, 0.15) is 23.6 Å². The summed E-state index contributed by atoms with van der Waals surface area (Å²) >= 11 is 5.82. The first-order valence-corrected chi connectivity index (χ1v) is 5.01. The van der Waals surface area contributed by atoms with Gasteiger partial charge in [-0.25, -0.2) is 0 Å². The summed E-state index contributed by atoms with van der Waals surface area (Å²) in [6.45, 7) is 1.92. The van der Waals surface area contributed by atoms with E-state index in [9.17, 15) is 4.79 Å². The molecule has 4 heteroatoms. The minimum atomic E-state index is -0.338. The maximum Gasteiger partial charge on any atom is 0.307 e. The van der Waals surface area contributed by atoms with Gasteiger partial charge in [0.25, 0.3) is 0 Å². The molecule has 0 heterocycles. The molecule has 0 radical (unpaired) electrons. The fourth-order valence-corrected chi connectivity index (χ4v) is 1.65. The second-order valence-electron chi connectivity index (χ2n) is 3.39. The van der Waals surface area contributed by atoms with Crippen LogP contribution in [0.2, 0.25) is 5.02 Å². The molecule has 0 unspecified atom stereocenters. The van der Waals surface area contributed by atoms with Gasteiger partial charge in [-0.15, -0.1) is 0 Å². The number of aryl methyl sites for hydroxylation is 1. The first kappa shape index (κ1) is 12.0. The van der Waals surface area contributed by atoms with Crippen LogP contribution in [0.4, 0.5) is 0 Å². The number of benzene rings is 1. The molecule has 0 aliphatic rings. The molecule has 1 rings (SSSR count). The van der Waals surface area contributed by atoms with Crippen molar-refractivity contribution in [2.45, 2.75) is 19.4 Å². The average Bonchev–Trinajstić information content (AvgIpc) is 2.17. The molecule has 1 aromatic rings. The molecule has 0 fully saturated rings. The van der Waals surface area contributed by atoms with E-state index in [1.807, 2.05) is 19.1 Å². The third-order valence-electron chi connectivity index (χ3n) is 2.25. The number of hydrogen-bond acceptors (Lipinski definition) is 3. The maximum atomic E-state index is 11.0. The second kappa shape index (κ2) is 5.14. The third kappa shape index (κ3) is 3.22. The van der Waals surface area contributed by atoms with E-state index in [1.54, 1.807) is 6.07 Å². The Morgan fingerprint density at radius 1 is 1.60 bits per heavy atom. The Bertz CT molecular complexity index is 366. The molecular weight excluding hydrogens is 214 g/mol. The van der Waals surface area contributed by atoms with Crippen LogP contribution in [0.25, 0.3) is 0 Å². The van der Waals surface area contributed by atoms with Gasteiger partial charge in [-0.3, -0.25) is 4.79 Å². The summed E-state index contributed by atoms with van der Waals surface area (Å²) in [6.07, 6.45) is 0.180. The van der Waals surface area contributed by atoms with Gasteiger partial charge in [-0.1, -0.05) is 17.7 Å². The quantitative estimate of drug-likeness (QED) is 0.806. The zero-order chi connectivity index (χ0) is 11.4. The van der Waals surface area contributed by atoms with Gasteiger partial charge in [0.1, 0.15) is 0 Å². The van der Waals surface area contributed by atoms with E-state index in [0.717, 1.165) is 11.1 Å². The van der Waals surface area contributed by atoms with E-state index < -0.39 is 0 Å². The van der Waals surface area contributed by atoms with Crippen molar-refractivity contribution < 1.29 is 9.53 Å². The van der Waals surface area contributed by atoms with Gasteiger partial charge in [-0.05, 0) is 30.2 Å². The summed E-state index contributed by atoms with van der Waals surface area (Å²) in [5.74, 6) is -0.308. The molecule has 0 amide bonds. The van der Waals surface area contributed by atoms with Crippen molar-refractivity contribution in [2.24, 2.45) is 5.73 Å². The highest BCUT2D eigenvalue weighted by Crippen LogP contribution is 2.22. The highest BCUT2D eigenvalue weighted by atomic mass is 35.5. The van der Waals surface area contributed by atoms with Gasteiger partial charge in [0, 0.05) is 11.1 Å². The molecule has 3 nitrogen and oxygen atoms in total. The molecule has 82 valence electrons. The fourth-order valence-electron chi connectivity index (χ4n) is 1.43. The summed E-state index contributed by atoms with van der Waals surface area (Å²) in [7, 11) is 1.35. The Hall–Kier alpha value is -1.06. The predicted molar refractivity (Wildman–Crippen MR) is 59.8 cm³/mol. The molecule has 1 aromatic carbocycles. The zero-order valence-electron chi connectivity index (χ0n) is 8.79. The van der Waals surface area contributed by atoms with Gasteiger partial charge in [0.15, 0.2) is 0 Å². The summed E-state index contributed by atoms with van der Waals surface area (Å²) < 4.78 is 4.56. The largest absolute Gasteiger partial charge is 0.469 e. The monoisotopic (exact) mass is 227 g/mol.